The summed E-state index contributed by atoms with van der Waals surface area (Å²) in [6.07, 6.45) is 4.33. The Labute approximate surface area is 117 Å². The van der Waals surface area contributed by atoms with Gasteiger partial charge in [-0.15, -0.1) is 0 Å². The molecule has 3 aromatic heterocycles. The van der Waals surface area contributed by atoms with Crippen LogP contribution in [0.3, 0.4) is 0 Å². The average molecular weight is 319 g/mol. The lowest BCUT2D eigenvalue weighted by Crippen LogP contribution is -2.29. The number of H-pyrrole nitrogens is 2. The van der Waals surface area contributed by atoms with Crippen LogP contribution in [-0.4, -0.2) is 24.9 Å². The molecule has 1 aliphatic heterocycles. The molecule has 3 N–H and O–H groups in total. The van der Waals surface area contributed by atoms with Crippen molar-refractivity contribution in [3.05, 3.63) is 40.3 Å². The molecule has 4 rings (SSSR count). The molecule has 0 fully saturated rings. The van der Waals surface area contributed by atoms with Crippen LogP contribution in [-0.2, 0) is 13.0 Å². The van der Waals surface area contributed by atoms with Crippen LogP contribution < -0.4 is 5.32 Å². The zero-order valence-corrected chi connectivity index (χ0v) is 11.5. The van der Waals surface area contributed by atoms with Crippen molar-refractivity contribution in [2.75, 3.05) is 0 Å². The largest absolute Gasteiger partial charge is 0.347 e. The Bertz CT molecular complexity index is 746. The fraction of sp³-hybridized carbons (Fsp3) is 0.250. The molecule has 7 heteroatoms. The molecule has 4 heterocycles. The summed E-state index contributed by atoms with van der Waals surface area (Å²) in [6, 6.07) is 2.14. The predicted octanol–water partition coefficient (Wildman–Crippen LogP) is 1.83. The molecule has 3 aromatic rings. The van der Waals surface area contributed by atoms with Gasteiger partial charge in [0, 0.05) is 23.6 Å². The highest BCUT2D eigenvalue weighted by molar-refractivity contribution is 9.10. The zero-order chi connectivity index (χ0) is 12.8. The number of rotatable bonds is 1. The Morgan fingerprint density at radius 2 is 2.26 bits per heavy atom. The van der Waals surface area contributed by atoms with Crippen molar-refractivity contribution in [2.45, 2.75) is 19.0 Å². The van der Waals surface area contributed by atoms with E-state index < -0.39 is 0 Å². The van der Waals surface area contributed by atoms with Crippen molar-refractivity contribution in [1.29, 1.82) is 0 Å². The van der Waals surface area contributed by atoms with Gasteiger partial charge in [0.05, 0.1) is 29.3 Å². The molecule has 0 radical (unpaired) electrons. The lowest BCUT2D eigenvalue weighted by atomic mass is 10.1. The van der Waals surface area contributed by atoms with E-state index in [0.29, 0.717) is 0 Å². The molecule has 96 valence electrons. The highest BCUT2D eigenvalue weighted by Crippen LogP contribution is 2.24. The van der Waals surface area contributed by atoms with Gasteiger partial charge in [-0.1, -0.05) is 0 Å². The van der Waals surface area contributed by atoms with Crippen LogP contribution in [0.2, 0.25) is 0 Å². The van der Waals surface area contributed by atoms with Crippen LogP contribution in [0.4, 0.5) is 0 Å². The molecule has 6 nitrogen and oxygen atoms in total. The van der Waals surface area contributed by atoms with Gasteiger partial charge in [-0.05, 0) is 22.0 Å². The molecular weight excluding hydrogens is 308 g/mol. The van der Waals surface area contributed by atoms with Crippen LogP contribution in [0.15, 0.2) is 23.1 Å². The molecule has 0 saturated carbocycles. The molecule has 0 aromatic carbocycles. The Morgan fingerprint density at radius 3 is 3.21 bits per heavy atom. The summed E-state index contributed by atoms with van der Waals surface area (Å²) in [6.45, 7) is 0.786. The molecule has 19 heavy (non-hydrogen) atoms. The smallest absolute Gasteiger partial charge is 0.177 e. The number of hydrogen-bond donors (Lipinski definition) is 3. The first-order chi connectivity index (χ1) is 9.29. The van der Waals surface area contributed by atoms with Crippen molar-refractivity contribution in [1.82, 2.24) is 30.2 Å². The van der Waals surface area contributed by atoms with Gasteiger partial charge in [0.2, 0.25) is 0 Å². The zero-order valence-electron chi connectivity index (χ0n) is 9.94. The van der Waals surface area contributed by atoms with Crippen molar-refractivity contribution >= 4 is 27.1 Å². The first-order valence-electron chi connectivity index (χ1n) is 6.05. The van der Waals surface area contributed by atoms with E-state index in [2.05, 4.69) is 46.2 Å². The van der Waals surface area contributed by atoms with Crippen molar-refractivity contribution in [3.8, 4) is 0 Å². The second kappa shape index (κ2) is 4.14. The number of aromatic amines is 2. The van der Waals surface area contributed by atoms with Crippen LogP contribution in [0.5, 0.6) is 0 Å². The van der Waals surface area contributed by atoms with Gasteiger partial charge in [0.1, 0.15) is 5.82 Å². The van der Waals surface area contributed by atoms with Gasteiger partial charge in [0.15, 0.2) is 5.65 Å². The predicted molar refractivity (Wildman–Crippen MR) is 73.5 cm³/mol. The highest BCUT2D eigenvalue weighted by atomic mass is 79.9. The summed E-state index contributed by atoms with van der Waals surface area (Å²) < 4.78 is 0.946. The third kappa shape index (κ3) is 1.85. The topological polar surface area (TPSA) is 82.3 Å². The molecule has 0 saturated heterocycles. The molecule has 1 atom stereocenters. The average Bonchev–Trinajstić information content (AvgIpc) is 3.02. The van der Waals surface area contributed by atoms with Crippen LogP contribution >= 0.6 is 15.9 Å². The standard InChI is InChI=1S/C12H11BrN6/c13-6-1-9-11(15-3-6)19-12(18-9)8-2-7-10(4-14-8)17-5-16-7/h1,3,5,8,14H,2,4H2,(H,16,17)(H,15,18,19). The van der Waals surface area contributed by atoms with Gasteiger partial charge < -0.3 is 15.3 Å². The maximum atomic E-state index is 4.55. The van der Waals surface area contributed by atoms with Gasteiger partial charge in [0.25, 0.3) is 0 Å². The number of halogens is 1. The van der Waals surface area contributed by atoms with Gasteiger partial charge >= 0.3 is 0 Å². The van der Waals surface area contributed by atoms with E-state index in [1.807, 2.05) is 6.07 Å². The molecule has 0 bridgehead atoms. The molecule has 1 unspecified atom stereocenters. The number of nitrogens with zero attached hydrogens (tertiary/aromatic N) is 3. The molecule has 0 amide bonds. The minimum Gasteiger partial charge on any atom is -0.347 e. The van der Waals surface area contributed by atoms with E-state index in [0.717, 1.165) is 45.8 Å². The van der Waals surface area contributed by atoms with E-state index in [9.17, 15) is 0 Å². The van der Waals surface area contributed by atoms with Crippen molar-refractivity contribution in [3.63, 3.8) is 0 Å². The highest BCUT2D eigenvalue weighted by Gasteiger charge is 2.23. The van der Waals surface area contributed by atoms with Gasteiger partial charge in [-0.2, -0.15) is 0 Å². The Morgan fingerprint density at radius 1 is 1.32 bits per heavy atom. The van der Waals surface area contributed by atoms with Crippen LogP contribution in [0, 0.1) is 0 Å². The normalized spacial score (nSPS) is 18.7. The second-order valence-electron chi connectivity index (χ2n) is 4.61. The number of imidazole rings is 2. The van der Waals surface area contributed by atoms with Crippen LogP contribution in [0.25, 0.3) is 11.2 Å². The lowest BCUT2D eigenvalue weighted by Gasteiger charge is -2.20. The fourth-order valence-corrected chi connectivity index (χ4v) is 2.75. The number of pyridine rings is 1. The van der Waals surface area contributed by atoms with E-state index in [1.165, 1.54) is 0 Å². The maximum absolute atomic E-state index is 4.55. The number of nitrogens with one attached hydrogen (secondary N) is 3. The minimum absolute atomic E-state index is 0.156. The summed E-state index contributed by atoms with van der Waals surface area (Å²) in [5.74, 6) is 0.911. The van der Waals surface area contributed by atoms with Crippen LogP contribution in [0.1, 0.15) is 23.3 Å². The Hall–Kier alpha value is -1.73. The molecular formula is C12H11BrN6. The maximum Gasteiger partial charge on any atom is 0.177 e. The van der Waals surface area contributed by atoms with E-state index in [-0.39, 0.29) is 6.04 Å². The number of aromatic nitrogens is 5. The third-order valence-electron chi connectivity index (χ3n) is 3.38. The monoisotopic (exact) mass is 318 g/mol. The lowest BCUT2D eigenvalue weighted by molar-refractivity contribution is 0.472. The first-order valence-corrected chi connectivity index (χ1v) is 6.84. The fourth-order valence-electron chi connectivity index (χ4n) is 2.42. The molecule has 0 spiro atoms. The number of hydrogen-bond acceptors (Lipinski definition) is 4. The van der Waals surface area contributed by atoms with Gasteiger partial charge in [-0.25, -0.2) is 15.0 Å². The summed E-state index contributed by atoms with van der Waals surface area (Å²) in [5.41, 5.74) is 3.96. The van der Waals surface area contributed by atoms with E-state index in [1.54, 1.807) is 12.5 Å². The van der Waals surface area contributed by atoms with Crippen molar-refractivity contribution < 1.29 is 0 Å². The summed E-state index contributed by atoms with van der Waals surface area (Å²) in [4.78, 5) is 19.6. The second-order valence-corrected chi connectivity index (χ2v) is 5.53. The van der Waals surface area contributed by atoms with Gasteiger partial charge in [-0.3, -0.25) is 0 Å². The van der Waals surface area contributed by atoms with E-state index in [4.69, 9.17) is 0 Å². The SMILES string of the molecule is Brc1cnc2nc(C3Cc4nc[nH]c4CN3)[nH]c2c1. The third-order valence-corrected chi connectivity index (χ3v) is 3.82. The summed E-state index contributed by atoms with van der Waals surface area (Å²) in [5, 5.41) is 3.45. The number of fused-ring (bicyclic) bond motifs is 2. The minimum atomic E-state index is 0.156. The molecule has 1 aliphatic rings. The summed E-state index contributed by atoms with van der Waals surface area (Å²) >= 11 is 3.41. The first kappa shape index (κ1) is 11.1. The Kier molecular flexibility index (Phi) is 2.42. The van der Waals surface area contributed by atoms with Crippen molar-refractivity contribution in [2.24, 2.45) is 0 Å². The Balaban J connectivity index is 1.71. The quantitative estimate of drug-likeness (QED) is 0.639. The molecule has 0 aliphatic carbocycles. The van der Waals surface area contributed by atoms with E-state index >= 15 is 0 Å². The summed E-state index contributed by atoms with van der Waals surface area (Å²) in [7, 11) is 0.